The normalized spacial score (nSPS) is 15.6. The Morgan fingerprint density at radius 3 is 2.33 bits per heavy atom. The second-order valence-corrected chi connectivity index (χ2v) is 5.50. The van der Waals surface area contributed by atoms with Crippen LogP contribution < -0.4 is 24.7 Å². The van der Waals surface area contributed by atoms with Crippen LogP contribution in [0.3, 0.4) is 0 Å². The van der Waals surface area contributed by atoms with Crippen molar-refractivity contribution in [1.29, 1.82) is 0 Å². The molecule has 128 valence electrons. The number of benzene rings is 2. The van der Waals surface area contributed by atoms with E-state index in [4.69, 9.17) is 24.7 Å². The summed E-state index contributed by atoms with van der Waals surface area (Å²) in [5, 5.41) is 0. The van der Waals surface area contributed by atoms with Gasteiger partial charge in [-0.2, -0.15) is 0 Å². The van der Waals surface area contributed by atoms with Gasteiger partial charge in [0.15, 0.2) is 11.5 Å². The zero-order valence-corrected chi connectivity index (χ0v) is 13.9. The van der Waals surface area contributed by atoms with Crippen molar-refractivity contribution in [1.82, 2.24) is 0 Å². The maximum absolute atomic E-state index is 14.1. The van der Waals surface area contributed by atoms with E-state index in [9.17, 15) is 4.39 Å². The molecule has 0 fully saturated rings. The molecule has 1 aliphatic heterocycles. The number of nitrogens with two attached hydrogens (primary N) is 1. The highest BCUT2D eigenvalue weighted by atomic mass is 19.1. The molecule has 0 unspecified atom stereocenters. The van der Waals surface area contributed by atoms with Crippen molar-refractivity contribution in [3.05, 3.63) is 35.6 Å². The lowest BCUT2D eigenvalue weighted by molar-refractivity contribution is 0.242. The number of hydrogen-bond acceptors (Lipinski definition) is 5. The average Bonchev–Trinajstić information content (AvgIpc) is 3.06. The zero-order chi connectivity index (χ0) is 17.3. The molecule has 0 saturated heterocycles. The first kappa shape index (κ1) is 16.4. The SMILES string of the molecule is COc1cc(-c2ccc(F)c3c2O[C@@H](CN)C3)cc(OC)c1OC. The fourth-order valence-corrected chi connectivity index (χ4v) is 2.96. The highest BCUT2D eigenvalue weighted by molar-refractivity contribution is 5.77. The maximum Gasteiger partial charge on any atom is 0.203 e. The van der Waals surface area contributed by atoms with Gasteiger partial charge in [0, 0.05) is 24.1 Å². The summed E-state index contributed by atoms with van der Waals surface area (Å²) in [5.41, 5.74) is 7.79. The molecule has 0 spiro atoms. The van der Waals surface area contributed by atoms with Gasteiger partial charge in [-0.05, 0) is 29.8 Å². The van der Waals surface area contributed by atoms with E-state index in [1.165, 1.54) is 6.07 Å². The van der Waals surface area contributed by atoms with Crippen LogP contribution in [-0.4, -0.2) is 34.0 Å². The standard InChI is InChI=1S/C18H20FNO4/c1-21-15-6-10(7-16(22-2)18(15)23-3)12-4-5-14(19)13-8-11(9-20)24-17(12)13/h4-7,11H,8-9,20H2,1-3H3/t11-/m1/s1. The highest BCUT2D eigenvalue weighted by Gasteiger charge is 2.28. The number of methoxy groups -OCH3 is 3. The molecule has 3 rings (SSSR count). The molecular formula is C18H20FNO4. The van der Waals surface area contributed by atoms with E-state index < -0.39 is 0 Å². The summed E-state index contributed by atoms with van der Waals surface area (Å²) in [5.74, 6) is 1.80. The predicted molar refractivity (Wildman–Crippen MR) is 88.7 cm³/mol. The van der Waals surface area contributed by atoms with Gasteiger partial charge in [-0.1, -0.05) is 0 Å². The van der Waals surface area contributed by atoms with Gasteiger partial charge in [-0.15, -0.1) is 0 Å². The Kier molecular flexibility index (Phi) is 4.49. The molecule has 5 nitrogen and oxygen atoms in total. The van der Waals surface area contributed by atoms with Crippen LogP contribution in [-0.2, 0) is 6.42 Å². The van der Waals surface area contributed by atoms with Crippen molar-refractivity contribution >= 4 is 0 Å². The van der Waals surface area contributed by atoms with Crippen molar-refractivity contribution in [2.75, 3.05) is 27.9 Å². The first-order chi connectivity index (χ1) is 11.6. The number of hydrogen-bond donors (Lipinski definition) is 1. The van der Waals surface area contributed by atoms with Gasteiger partial charge in [0.1, 0.15) is 17.7 Å². The van der Waals surface area contributed by atoms with Crippen molar-refractivity contribution < 1.29 is 23.3 Å². The van der Waals surface area contributed by atoms with Crippen molar-refractivity contribution in [3.8, 4) is 34.1 Å². The van der Waals surface area contributed by atoms with Crippen LogP contribution in [0.2, 0.25) is 0 Å². The summed E-state index contributed by atoms with van der Waals surface area (Å²) >= 11 is 0. The molecule has 0 aliphatic carbocycles. The molecule has 1 atom stereocenters. The Labute approximate surface area is 140 Å². The van der Waals surface area contributed by atoms with E-state index in [1.807, 2.05) is 12.1 Å². The molecule has 6 heteroatoms. The van der Waals surface area contributed by atoms with E-state index in [0.29, 0.717) is 41.5 Å². The smallest absolute Gasteiger partial charge is 0.203 e. The van der Waals surface area contributed by atoms with Crippen LogP contribution in [0.25, 0.3) is 11.1 Å². The third-order valence-corrected chi connectivity index (χ3v) is 4.16. The van der Waals surface area contributed by atoms with E-state index in [0.717, 1.165) is 11.1 Å². The van der Waals surface area contributed by atoms with E-state index in [-0.39, 0.29) is 11.9 Å². The van der Waals surface area contributed by atoms with Crippen molar-refractivity contribution in [3.63, 3.8) is 0 Å². The fourth-order valence-electron chi connectivity index (χ4n) is 2.96. The Bertz CT molecular complexity index is 738. The molecule has 0 aromatic heterocycles. The van der Waals surface area contributed by atoms with Crippen LogP contribution in [0.15, 0.2) is 24.3 Å². The van der Waals surface area contributed by atoms with Crippen LogP contribution in [0, 0.1) is 5.82 Å². The minimum Gasteiger partial charge on any atom is -0.493 e. The molecule has 2 aromatic carbocycles. The molecular weight excluding hydrogens is 313 g/mol. The Hall–Kier alpha value is -2.47. The Balaban J connectivity index is 2.16. The summed E-state index contributed by atoms with van der Waals surface area (Å²) in [6, 6.07) is 6.76. The molecule has 2 aromatic rings. The Morgan fingerprint density at radius 1 is 1.12 bits per heavy atom. The molecule has 0 saturated carbocycles. The predicted octanol–water partition coefficient (Wildman–Crippen LogP) is 2.78. The van der Waals surface area contributed by atoms with Crippen molar-refractivity contribution in [2.45, 2.75) is 12.5 Å². The molecule has 1 aliphatic rings. The van der Waals surface area contributed by atoms with Crippen molar-refractivity contribution in [2.24, 2.45) is 5.73 Å². The van der Waals surface area contributed by atoms with Gasteiger partial charge < -0.3 is 24.7 Å². The minimum absolute atomic E-state index is 0.210. The average molecular weight is 333 g/mol. The summed E-state index contributed by atoms with van der Waals surface area (Å²) in [7, 11) is 4.65. The molecule has 0 bridgehead atoms. The van der Waals surface area contributed by atoms with E-state index in [1.54, 1.807) is 27.4 Å². The number of fused-ring (bicyclic) bond motifs is 1. The summed E-state index contributed by atoms with van der Waals surface area (Å²) in [6.45, 7) is 0.336. The second kappa shape index (κ2) is 6.57. The Morgan fingerprint density at radius 2 is 1.79 bits per heavy atom. The molecule has 0 amide bonds. The third kappa shape index (κ3) is 2.63. The molecule has 1 heterocycles. The van der Waals surface area contributed by atoms with Gasteiger partial charge in [0.2, 0.25) is 5.75 Å². The van der Waals surface area contributed by atoms with Gasteiger partial charge in [-0.25, -0.2) is 4.39 Å². The van der Waals surface area contributed by atoms with Gasteiger partial charge >= 0.3 is 0 Å². The van der Waals surface area contributed by atoms with Crippen LogP contribution in [0.1, 0.15) is 5.56 Å². The van der Waals surface area contributed by atoms with Crippen LogP contribution >= 0.6 is 0 Å². The number of rotatable bonds is 5. The fraction of sp³-hybridized carbons (Fsp3) is 0.333. The second-order valence-electron chi connectivity index (χ2n) is 5.50. The first-order valence-corrected chi connectivity index (χ1v) is 7.61. The first-order valence-electron chi connectivity index (χ1n) is 7.61. The van der Waals surface area contributed by atoms with Gasteiger partial charge in [-0.3, -0.25) is 0 Å². The van der Waals surface area contributed by atoms with E-state index >= 15 is 0 Å². The molecule has 2 N–H and O–H groups in total. The lowest BCUT2D eigenvalue weighted by Crippen LogP contribution is -2.24. The largest absolute Gasteiger partial charge is 0.493 e. The quantitative estimate of drug-likeness (QED) is 0.911. The molecule has 0 radical (unpaired) electrons. The summed E-state index contributed by atoms with van der Waals surface area (Å²) in [6.07, 6.45) is 0.258. The third-order valence-electron chi connectivity index (χ3n) is 4.16. The zero-order valence-electron chi connectivity index (χ0n) is 13.9. The lowest BCUT2D eigenvalue weighted by atomic mass is 9.99. The highest BCUT2D eigenvalue weighted by Crippen LogP contribution is 2.45. The topological polar surface area (TPSA) is 62.9 Å². The number of halogens is 1. The van der Waals surface area contributed by atoms with Gasteiger partial charge in [0.25, 0.3) is 0 Å². The lowest BCUT2D eigenvalue weighted by Gasteiger charge is -2.16. The van der Waals surface area contributed by atoms with Crippen LogP contribution in [0.4, 0.5) is 4.39 Å². The number of ether oxygens (including phenoxy) is 4. The summed E-state index contributed by atoms with van der Waals surface area (Å²) < 4.78 is 36.1. The van der Waals surface area contributed by atoms with E-state index in [2.05, 4.69) is 0 Å². The van der Waals surface area contributed by atoms with Gasteiger partial charge in [0.05, 0.1) is 21.3 Å². The molecule has 24 heavy (non-hydrogen) atoms. The minimum atomic E-state index is -0.280. The summed E-state index contributed by atoms with van der Waals surface area (Å²) in [4.78, 5) is 0. The monoisotopic (exact) mass is 333 g/mol. The maximum atomic E-state index is 14.1. The van der Waals surface area contributed by atoms with Crippen LogP contribution in [0.5, 0.6) is 23.0 Å².